The number of ether oxygens (including phenoxy) is 1. The number of rotatable bonds is 3. The molecule has 2 N–H and O–H groups in total. The van der Waals surface area contributed by atoms with E-state index in [1.165, 1.54) is 22.3 Å². The van der Waals surface area contributed by atoms with Gasteiger partial charge in [-0.3, -0.25) is 0 Å². The van der Waals surface area contributed by atoms with Crippen LogP contribution in [0.5, 0.6) is 0 Å². The van der Waals surface area contributed by atoms with Crippen molar-refractivity contribution in [2.75, 3.05) is 6.61 Å². The number of nitrogens with two attached hydrogens (primary N) is 1. The maximum Gasteiger partial charge on any atom is 0.0876 e. The van der Waals surface area contributed by atoms with Crippen LogP contribution in [0.4, 0.5) is 0 Å². The highest BCUT2D eigenvalue weighted by Crippen LogP contribution is 2.18. The van der Waals surface area contributed by atoms with Crippen LogP contribution in [0, 0.1) is 13.8 Å². The lowest BCUT2D eigenvalue weighted by atomic mass is 9.95. The van der Waals surface area contributed by atoms with E-state index in [1.54, 1.807) is 0 Å². The number of aryl methyl sites for hydroxylation is 2. The fourth-order valence-electron chi connectivity index (χ4n) is 2.17. The molecule has 1 aromatic rings. The van der Waals surface area contributed by atoms with Crippen LogP contribution in [0.1, 0.15) is 29.5 Å². The molecule has 17 heavy (non-hydrogen) atoms. The topological polar surface area (TPSA) is 35.2 Å². The molecule has 0 aliphatic carbocycles. The van der Waals surface area contributed by atoms with Crippen LogP contribution in [0.15, 0.2) is 30.0 Å². The van der Waals surface area contributed by atoms with Gasteiger partial charge in [-0.15, -0.1) is 0 Å². The Morgan fingerprint density at radius 3 is 2.76 bits per heavy atom. The van der Waals surface area contributed by atoms with E-state index < -0.39 is 0 Å². The minimum Gasteiger partial charge on any atom is -0.501 e. The summed E-state index contributed by atoms with van der Waals surface area (Å²) in [6.07, 6.45) is 4.92. The molecule has 0 saturated heterocycles. The molecule has 1 heterocycles. The summed E-state index contributed by atoms with van der Waals surface area (Å²) < 4.78 is 5.34. The molecule has 1 unspecified atom stereocenters. The van der Waals surface area contributed by atoms with Crippen molar-refractivity contribution in [2.24, 2.45) is 5.73 Å². The molecule has 0 radical (unpaired) electrons. The molecule has 0 fully saturated rings. The average Bonchev–Trinajstić information content (AvgIpc) is 2.35. The summed E-state index contributed by atoms with van der Waals surface area (Å²) in [7, 11) is 0. The maximum absolute atomic E-state index is 6.22. The third-order valence-electron chi connectivity index (χ3n) is 3.47. The third kappa shape index (κ3) is 3.10. The van der Waals surface area contributed by atoms with Gasteiger partial charge in [0.2, 0.25) is 0 Å². The quantitative estimate of drug-likeness (QED) is 0.868. The zero-order valence-corrected chi connectivity index (χ0v) is 10.7. The molecule has 1 aliphatic heterocycles. The molecule has 1 aliphatic rings. The van der Waals surface area contributed by atoms with Crippen molar-refractivity contribution >= 4 is 0 Å². The Hall–Kier alpha value is -1.28. The Balaban J connectivity index is 2.04. The van der Waals surface area contributed by atoms with E-state index in [9.17, 15) is 0 Å². The van der Waals surface area contributed by atoms with E-state index in [1.807, 2.05) is 6.26 Å². The Labute approximate surface area is 103 Å². The first-order valence-electron chi connectivity index (χ1n) is 6.29. The van der Waals surface area contributed by atoms with Gasteiger partial charge in [0.15, 0.2) is 0 Å². The minimum absolute atomic E-state index is 0.0948. The fourth-order valence-corrected chi connectivity index (χ4v) is 2.17. The second-order valence-electron chi connectivity index (χ2n) is 4.90. The van der Waals surface area contributed by atoms with Crippen LogP contribution < -0.4 is 5.73 Å². The number of hydrogen-bond donors (Lipinski definition) is 1. The SMILES string of the molecule is Cc1ccc(CC(N)C2=COCCC2)cc1C. The standard InChI is InChI=1S/C15H21NO/c1-11-5-6-13(8-12(11)2)9-15(16)14-4-3-7-17-10-14/h5-6,8,10,15H,3-4,7,9,16H2,1-2H3. The highest BCUT2D eigenvalue weighted by atomic mass is 16.5. The van der Waals surface area contributed by atoms with Crippen molar-refractivity contribution in [1.82, 2.24) is 0 Å². The van der Waals surface area contributed by atoms with Crippen molar-refractivity contribution < 1.29 is 4.74 Å². The predicted molar refractivity (Wildman–Crippen MR) is 70.9 cm³/mol. The van der Waals surface area contributed by atoms with Gasteiger partial charge in [0.05, 0.1) is 12.9 Å². The molecule has 0 spiro atoms. The lowest BCUT2D eigenvalue weighted by Crippen LogP contribution is -2.27. The summed E-state index contributed by atoms with van der Waals surface area (Å²) in [4.78, 5) is 0. The number of hydrogen-bond acceptors (Lipinski definition) is 2. The van der Waals surface area contributed by atoms with Gasteiger partial charge in [-0.05, 0) is 55.4 Å². The maximum atomic E-state index is 6.22. The minimum atomic E-state index is 0.0948. The van der Waals surface area contributed by atoms with E-state index in [0.717, 1.165) is 25.9 Å². The van der Waals surface area contributed by atoms with Crippen LogP contribution in [-0.2, 0) is 11.2 Å². The van der Waals surface area contributed by atoms with Crippen molar-refractivity contribution in [2.45, 2.75) is 39.2 Å². The van der Waals surface area contributed by atoms with Gasteiger partial charge in [0.25, 0.3) is 0 Å². The van der Waals surface area contributed by atoms with Gasteiger partial charge in [-0.1, -0.05) is 18.2 Å². The first-order valence-corrected chi connectivity index (χ1v) is 6.29. The van der Waals surface area contributed by atoms with Gasteiger partial charge in [0, 0.05) is 6.04 Å². The van der Waals surface area contributed by atoms with Gasteiger partial charge < -0.3 is 10.5 Å². The molecule has 2 nitrogen and oxygen atoms in total. The lowest BCUT2D eigenvalue weighted by Gasteiger charge is -2.20. The van der Waals surface area contributed by atoms with E-state index in [4.69, 9.17) is 10.5 Å². The lowest BCUT2D eigenvalue weighted by molar-refractivity contribution is 0.221. The van der Waals surface area contributed by atoms with Gasteiger partial charge in [-0.25, -0.2) is 0 Å². The molecule has 0 bridgehead atoms. The zero-order valence-electron chi connectivity index (χ0n) is 10.7. The summed E-state index contributed by atoms with van der Waals surface area (Å²) in [5.41, 5.74) is 11.4. The monoisotopic (exact) mass is 231 g/mol. The molecule has 1 atom stereocenters. The third-order valence-corrected chi connectivity index (χ3v) is 3.47. The molecule has 2 rings (SSSR count). The average molecular weight is 231 g/mol. The Kier molecular flexibility index (Phi) is 3.85. The summed E-state index contributed by atoms with van der Waals surface area (Å²) in [6.45, 7) is 5.11. The highest BCUT2D eigenvalue weighted by molar-refractivity contribution is 5.31. The summed E-state index contributed by atoms with van der Waals surface area (Å²) in [5.74, 6) is 0. The highest BCUT2D eigenvalue weighted by Gasteiger charge is 2.13. The summed E-state index contributed by atoms with van der Waals surface area (Å²) in [5, 5.41) is 0. The second-order valence-corrected chi connectivity index (χ2v) is 4.90. The molecular formula is C15H21NO. The smallest absolute Gasteiger partial charge is 0.0876 e. The van der Waals surface area contributed by atoms with Crippen molar-refractivity contribution in [3.05, 3.63) is 46.7 Å². The second kappa shape index (κ2) is 5.37. The molecule has 1 aromatic carbocycles. The van der Waals surface area contributed by atoms with Gasteiger partial charge in [0.1, 0.15) is 0 Å². The van der Waals surface area contributed by atoms with Crippen LogP contribution >= 0.6 is 0 Å². The van der Waals surface area contributed by atoms with E-state index in [2.05, 4.69) is 32.0 Å². The first-order chi connectivity index (χ1) is 8.16. The molecule has 0 saturated carbocycles. The molecule has 0 aromatic heterocycles. The summed E-state index contributed by atoms with van der Waals surface area (Å²) in [6, 6.07) is 6.67. The Morgan fingerprint density at radius 1 is 1.29 bits per heavy atom. The van der Waals surface area contributed by atoms with Crippen LogP contribution in [0.25, 0.3) is 0 Å². The van der Waals surface area contributed by atoms with E-state index >= 15 is 0 Å². The van der Waals surface area contributed by atoms with Crippen molar-refractivity contribution in [1.29, 1.82) is 0 Å². The Bertz CT molecular complexity index is 423. The fraction of sp³-hybridized carbons (Fsp3) is 0.467. The van der Waals surface area contributed by atoms with Crippen molar-refractivity contribution in [3.63, 3.8) is 0 Å². The molecular weight excluding hydrogens is 210 g/mol. The van der Waals surface area contributed by atoms with Crippen LogP contribution in [0.2, 0.25) is 0 Å². The van der Waals surface area contributed by atoms with E-state index in [0.29, 0.717) is 0 Å². The largest absolute Gasteiger partial charge is 0.501 e. The van der Waals surface area contributed by atoms with E-state index in [-0.39, 0.29) is 6.04 Å². The van der Waals surface area contributed by atoms with Crippen molar-refractivity contribution in [3.8, 4) is 0 Å². The van der Waals surface area contributed by atoms with Gasteiger partial charge >= 0.3 is 0 Å². The molecule has 2 heteroatoms. The van der Waals surface area contributed by atoms with Crippen LogP contribution in [0.3, 0.4) is 0 Å². The van der Waals surface area contributed by atoms with Gasteiger partial charge in [-0.2, -0.15) is 0 Å². The predicted octanol–water partition coefficient (Wildman–Crippen LogP) is 2.87. The number of benzene rings is 1. The molecule has 92 valence electrons. The normalized spacial score (nSPS) is 17.2. The Morgan fingerprint density at radius 2 is 2.12 bits per heavy atom. The molecule has 0 amide bonds. The van der Waals surface area contributed by atoms with Crippen LogP contribution in [-0.4, -0.2) is 12.6 Å². The summed E-state index contributed by atoms with van der Waals surface area (Å²) >= 11 is 0. The zero-order chi connectivity index (χ0) is 12.3. The first kappa shape index (κ1) is 12.2.